The van der Waals surface area contributed by atoms with Crippen molar-refractivity contribution in [2.24, 2.45) is 5.73 Å². The van der Waals surface area contributed by atoms with Crippen LogP contribution in [0, 0.1) is 13.8 Å². The molecule has 0 aliphatic carbocycles. The predicted molar refractivity (Wildman–Crippen MR) is 72.4 cm³/mol. The Labute approximate surface area is 108 Å². The number of nitrogens with two attached hydrogens (primary N) is 1. The highest BCUT2D eigenvalue weighted by atomic mass is 16.5. The molecule has 0 bridgehead atoms. The molecule has 0 atom stereocenters. The standard InChI is InChI=1S/C15H18N2O/c1-11-7-13(9-16)8-12(2)15(11)18-10-14-5-3-4-6-17-14/h3-8H,9-10,16H2,1-2H3. The van der Waals surface area contributed by atoms with E-state index in [2.05, 4.69) is 17.1 Å². The lowest BCUT2D eigenvalue weighted by Gasteiger charge is -2.13. The summed E-state index contributed by atoms with van der Waals surface area (Å²) in [5, 5.41) is 0. The van der Waals surface area contributed by atoms with E-state index in [0.29, 0.717) is 13.2 Å². The highest BCUT2D eigenvalue weighted by Gasteiger charge is 2.06. The van der Waals surface area contributed by atoms with Crippen molar-refractivity contribution in [1.29, 1.82) is 0 Å². The molecule has 1 heterocycles. The molecule has 0 unspecified atom stereocenters. The van der Waals surface area contributed by atoms with E-state index < -0.39 is 0 Å². The van der Waals surface area contributed by atoms with Crippen molar-refractivity contribution >= 4 is 0 Å². The molecule has 0 aliphatic heterocycles. The minimum Gasteiger partial charge on any atom is -0.487 e. The third kappa shape index (κ3) is 2.87. The molecule has 2 rings (SSSR count). The zero-order valence-corrected chi connectivity index (χ0v) is 10.8. The molecule has 2 N–H and O–H groups in total. The first kappa shape index (κ1) is 12.6. The van der Waals surface area contributed by atoms with Gasteiger partial charge in [-0.1, -0.05) is 18.2 Å². The second-order valence-corrected chi connectivity index (χ2v) is 4.37. The van der Waals surface area contributed by atoms with Gasteiger partial charge in [-0.3, -0.25) is 4.98 Å². The summed E-state index contributed by atoms with van der Waals surface area (Å²) in [5.41, 5.74) is 9.95. The Balaban J connectivity index is 2.15. The van der Waals surface area contributed by atoms with Crippen LogP contribution >= 0.6 is 0 Å². The van der Waals surface area contributed by atoms with Crippen molar-refractivity contribution in [2.75, 3.05) is 0 Å². The van der Waals surface area contributed by atoms with Crippen LogP contribution in [0.15, 0.2) is 36.5 Å². The van der Waals surface area contributed by atoms with E-state index in [1.165, 1.54) is 0 Å². The first-order valence-electron chi connectivity index (χ1n) is 6.03. The summed E-state index contributed by atoms with van der Waals surface area (Å²) in [7, 11) is 0. The molecule has 0 spiro atoms. The van der Waals surface area contributed by atoms with Gasteiger partial charge in [0.05, 0.1) is 5.69 Å². The summed E-state index contributed by atoms with van der Waals surface area (Å²) >= 11 is 0. The van der Waals surface area contributed by atoms with E-state index in [1.807, 2.05) is 32.0 Å². The van der Waals surface area contributed by atoms with Gasteiger partial charge in [0.25, 0.3) is 0 Å². The first-order valence-corrected chi connectivity index (χ1v) is 6.03. The molecule has 2 aromatic rings. The minimum absolute atomic E-state index is 0.491. The van der Waals surface area contributed by atoms with Crippen molar-refractivity contribution in [2.45, 2.75) is 27.0 Å². The van der Waals surface area contributed by atoms with Gasteiger partial charge < -0.3 is 10.5 Å². The maximum Gasteiger partial charge on any atom is 0.130 e. The maximum absolute atomic E-state index is 5.85. The van der Waals surface area contributed by atoms with Crippen LogP contribution in [0.1, 0.15) is 22.4 Å². The molecule has 3 nitrogen and oxygen atoms in total. The van der Waals surface area contributed by atoms with E-state index in [-0.39, 0.29) is 0 Å². The first-order chi connectivity index (χ1) is 8.70. The molecule has 0 radical (unpaired) electrons. The van der Waals surface area contributed by atoms with E-state index >= 15 is 0 Å². The molecular weight excluding hydrogens is 224 g/mol. The summed E-state index contributed by atoms with van der Waals surface area (Å²) < 4.78 is 5.85. The van der Waals surface area contributed by atoms with E-state index in [1.54, 1.807) is 6.20 Å². The Morgan fingerprint density at radius 3 is 2.44 bits per heavy atom. The topological polar surface area (TPSA) is 48.1 Å². The smallest absolute Gasteiger partial charge is 0.130 e. The number of hydrogen-bond donors (Lipinski definition) is 1. The number of rotatable bonds is 4. The summed E-state index contributed by atoms with van der Waals surface area (Å²) in [6.45, 7) is 5.13. The summed E-state index contributed by atoms with van der Waals surface area (Å²) in [6, 6.07) is 9.96. The van der Waals surface area contributed by atoms with Crippen LogP contribution in [-0.4, -0.2) is 4.98 Å². The third-order valence-corrected chi connectivity index (χ3v) is 2.85. The van der Waals surface area contributed by atoms with E-state index in [9.17, 15) is 0 Å². The van der Waals surface area contributed by atoms with Gasteiger partial charge in [-0.05, 0) is 42.7 Å². The second kappa shape index (κ2) is 5.65. The Morgan fingerprint density at radius 2 is 1.89 bits per heavy atom. The van der Waals surface area contributed by atoms with E-state index in [4.69, 9.17) is 10.5 Å². The lowest BCUT2D eigenvalue weighted by atomic mass is 10.1. The molecule has 0 aliphatic rings. The summed E-state index contributed by atoms with van der Waals surface area (Å²) in [6.07, 6.45) is 1.77. The number of nitrogens with zero attached hydrogens (tertiary/aromatic N) is 1. The zero-order valence-electron chi connectivity index (χ0n) is 10.8. The van der Waals surface area contributed by atoms with Crippen LogP contribution in [0.25, 0.3) is 0 Å². The average Bonchev–Trinajstić information content (AvgIpc) is 2.38. The SMILES string of the molecule is Cc1cc(CN)cc(C)c1OCc1ccccn1. The molecule has 94 valence electrons. The van der Waals surface area contributed by atoms with Gasteiger partial charge in [0.15, 0.2) is 0 Å². The maximum atomic E-state index is 5.85. The lowest BCUT2D eigenvalue weighted by molar-refractivity contribution is 0.297. The molecule has 1 aromatic carbocycles. The quantitative estimate of drug-likeness (QED) is 0.896. The summed E-state index contributed by atoms with van der Waals surface area (Å²) in [5.74, 6) is 0.929. The normalized spacial score (nSPS) is 10.4. The highest BCUT2D eigenvalue weighted by molar-refractivity contribution is 5.43. The van der Waals surface area contributed by atoms with Gasteiger partial charge in [-0.25, -0.2) is 0 Å². The third-order valence-electron chi connectivity index (χ3n) is 2.85. The molecule has 18 heavy (non-hydrogen) atoms. The van der Waals surface area contributed by atoms with Gasteiger partial charge in [0.2, 0.25) is 0 Å². The van der Waals surface area contributed by atoms with Crippen LogP contribution in [0.5, 0.6) is 5.75 Å². The number of aromatic nitrogens is 1. The molecule has 0 fully saturated rings. The van der Waals surface area contributed by atoms with Gasteiger partial charge in [-0.15, -0.1) is 0 Å². The molecule has 0 saturated heterocycles. The van der Waals surface area contributed by atoms with Crippen LogP contribution in [-0.2, 0) is 13.2 Å². The van der Waals surface area contributed by atoms with Crippen LogP contribution < -0.4 is 10.5 Å². The van der Waals surface area contributed by atoms with Gasteiger partial charge >= 0.3 is 0 Å². The Kier molecular flexibility index (Phi) is 3.95. The second-order valence-electron chi connectivity index (χ2n) is 4.37. The van der Waals surface area contributed by atoms with E-state index in [0.717, 1.165) is 28.1 Å². The average molecular weight is 242 g/mol. The fourth-order valence-corrected chi connectivity index (χ4v) is 2.02. The number of benzene rings is 1. The number of hydrogen-bond acceptors (Lipinski definition) is 3. The van der Waals surface area contributed by atoms with Crippen molar-refractivity contribution in [3.8, 4) is 5.75 Å². The zero-order chi connectivity index (χ0) is 13.0. The Morgan fingerprint density at radius 1 is 1.17 bits per heavy atom. The lowest BCUT2D eigenvalue weighted by Crippen LogP contribution is -2.03. The van der Waals surface area contributed by atoms with Crippen molar-refractivity contribution < 1.29 is 4.74 Å². The number of ether oxygens (including phenoxy) is 1. The molecule has 3 heteroatoms. The monoisotopic (exact) mass is 242 g/mol. The Hall–Kier alpha value is -1.87. The highest BCUT2D eigenvalue weighted by Crippen LogP contribution is 2.25. The van der Waals surface area contributed by atoms with Crippen molar-refractivity contribution in [3.05, 3.63) is 58.9 Å². The van der Waals surface area contributed by atoms with Crippen LogP contribution in [0.2, 0.25) is 0 Å². The van der Waals surface area contributed by atoms with Crippen molar-refractivity contribution in [3.63, 3.8) is 0 Å². The predicted octanol–water partition coefficient (Wildman–Crippen LogP) is 2.74. The molecular formula is C15H18N2O. The minimum atomic E-state index is 0.491. The largest absolute Gasteiger partial charge is 0.487 e. The van der Waals surface area contributed by atoms with Gasteiger partial charge in [-0.2, -0.15) is 0 Å². The van der Waals surface area contributed by atoms with Gasteiger partial charge in [0.1, 0.15) is 12.4 Å². The Bertz CT molecular complexity index is 500. The molecule has 1 aromatic heterocycles. The van der Waals surface area contributed by atoms with Crippen molar-refractivity contribution in [1.82, 2.24) is 4.98 Å². The van der Waals surface area contributed by atoms with Crippen LogP contribution in [0.4, 0.5) is 0 Å². The fraction of sp³-hybridized carbons (Fsp3) is 0.267. The molecule has 0 amide bonds. The molecule has 0 saturated carbocycles. The summed E-state index contributed by atoms with van der Waals surface area (Å²) in [4.78, 5) is 4.24. The van der Waals surface area contributed by atoms with Gasteiger partial charge in [0, 0.05) is 12.7 Å². The number of pyridine rings is 1. The number of aryl methyl sites for hydroxylation is 2. The van der Waals surface area contributed by atoms with Crippen LogP contribution in [0.3, 0.4) is 0 Å². The fourth-order valence-electron chi connectivity index (χ4n) is 2.02.